The van der Waals surface area contributed by atoms with Gasteiger partial charge in [-0.25, -0.2) is 9.48 Å². The van der Waals surface area contributed by atoms with Crippen molar-refractivity contribution in [3.05, 3.63) is 18.5 Å². The van der Waals surface area contributed by atoms with E-state index in [0.717, 1.165) is 11.5 Å². The molecule has 0 bridgehead atoms. The first-order valence-corrected chi connectivity index (χ1v) is 15.1. The summed E-state index contributed by atoms with van der Waals surface area (Å²) in [5.74, 6) is -2.94. The summed E-state index contributed by atoms with van der Waals surface area (Å²) >= 11 is 3.23. The van der Waals surface area contributed by atoms with Crippen molar-refractivity contribution in [2.75, 3.05) is 30.4 Å². The number of tetrazole rings is 1. The quantitative estimate of drug-likeness (QED) is 0.0670. The van der Waals surface area contributed by atoms with Gasteiger partial charge in [-0.2, -0.15) is 9.36 Å². The molecule has 226 valence electrons. The maximum Gasteiger partial charge on any atom is 0.347 e. The number of allylic oxidation sites excluding steroid dienone is 1. The number of β-lactam (4-membered cyclic amide) rings is 1. The molecule has 42 heavy (non-hydrogen) atoms. The number of aromatic nitrogens is 6. The summed E-state index contributed by atoms with van der Waals surface area (Å²) < 4.78 is 10.6. The van der Waals surface area contributed by atoms with Gasteiger partial charge in [0, 0.05) is 29.6 Å². The van der Waals surface area contributed by atoms with Gasteiger partial charge in [-0.1, -0.05) is 23.0 Å². The van der Waals surface area contributed by atoms with Crippen LogP contribution in [0.5, 0.6) is 0 Å². The molecule has 2 aromatic rings. The van der Waals surface area contributed by atoms with Crippen molar-refractivity contribution >= 4 is 69.7 Å². The zero-order chi connectivity index (χ0) is 30.7. The molecule has 17 nitrogen and oxygen atoms in total. The summed E-state index contributed by atoms with van der Waals surface area (Å²) in [6.07, 6.45) is 1.62. The fraction of sp³-hybridized carbons (Fsp3) is 0.545. The number of hydrogen-bond donors (Lipinski definition) is 3. The van der Waals surface area contributed by atoms with Gasteiger partial charge in [-0.05, 0) is 31.2 Å². The van der Waals surface area contributed by atoms with Crippen LogP contribution in [0.15, 0.2) is 23.0 Å². The molecule has 0 aliphatic carbocycles. The largest absolute Gasteiger partial charge is 0.481 e. The highest BCUT2D eigenvalue weighted by atomic mass is 32.2. The number of ether oxygens (including phenoxy) is 1. The zero-order valence-electron chi connectivity index (χ0n) is 22.8. The Hall–Kier alpha value is -3.78. The van der Waals surface area contributed by atoms with Gasteiger partial charge >= 0.3 is 11.9 Å². The Balaban J connectivity index is 1.41. The van der Waals surface area contributed by atoms with Gasteiger partial charge in [-0.15, -0.1) is 23.4 Å². The molecule has 20 heteroatoms. The molecular formula is C22H28N10O7S3. The zero-order valence-corrected chi connectivity index (χ0v) is 25.2. The molecule has 2 aromatic heterocycles. The number of rotatable bonds is 12. The summed E-state index contributed by atoms with van der Waals surface area (Å²) in [5.41, 5.74) is 3.24. The number of thioether (sulfide) groups is 2. The number of amides is 2. The SMILES string of the molecule is C=CCn1nnnc1SCC1(C(=O)O)CS[C@@H]2C(NC(=O)C(=NOCC(=O)OC(C)(C)C)c3nsc(N)n3)C(=O)N2C1. The normalized spacial score (nSPS) is 22.1. The van der Waals surface area contributed by atoms with E-state index in [1.807, 2.05) is 0 Å². The molecule has 2 saturated heterocycles. The first kappa shape index (κ1) is 31.2. The molecule has 2 fully saturated rings. The highest BCUT2D eigenvalue weighted by Gasteiger charge is 2.57. The lowest BCUT2D eigenvalue weighted by atomic mass is 9.89. The number of carboxylic acids is 1. The van der Waals surface area contributed by atoms with Gasteiger partial charge in [-0.3, -0.25) is 14.4 Å². The number of carboxylic acid groups (broad SMARTS) is 1. The second-order valence-corrected chi connectivity index (χ2v) is 13.0. The fourth-order valence-corrected chi connectivity index (χ4v) is 7.07. The van der Waals surface area contributed by atoms with Gasteiger partial charge in [0.25, 0.3) is 5.91 Å². The Morgan fingerprint density at radius 3 is 2.79 bits per heavy atom. The van der Waals surface area contributed by atoms with Gasteiger partial charge in [0.05, 0.1) is 6.54 Å². The van der Waals surface area contributed by atoms with Crippen molar-refractivity contribution in [3.63, 3.8) is 0 Å². The topological polar surface area (TPSA) is 230 Å². The van der Waals surface area contributed by atoms with Crippen molar-refractivity contribution in [3.8, 4) is 0 Å². The average Bonchev–Trinajstić information content (AvgIpc) is 3.55. The minimum Gasteiger partial charge on any atom is -0.481 e. The van der Waals surface area contributed by atoms with E-state index in [9.17, 15) is 24.3 Å². The Bertz CT molecular complexity index is 1410. The average molecular weight is 641 g/mol. The highest BCUT2D eigenvalue weighted by Crippen LogP contribution is 2.44. The fourth-order valence-electron chi connectivity index (χ4n) is 3.89. The predicted octanol–water partition coefficient (Wildman–Crippen LogP) is -0.382. The molecule has 4 heterocycles. The molecular weight excluding hydrogens is 613 g/mol. The van der Waals surface area contributed by atoms with E-state index in [1.165, 1.54) is 33.1 Å². The van der Waals surface area contributed by atoms with E-state index in [4.69, 9.17) is 15.3 Å². The van der Waals surface area contributed by atoms with Gasteiger partial charge in [0.1, 0.15) is 22.4 Å². The second-order valence-electron chi connectivity index (χ2n) is 10.2. The van der Waals surface area contributed by atoms with E-state index < -0.39 is 58.5 Å². The van der Waals surface area contributed by atoms with E-state index in [1.54, 1.807) is 26.8 Å². The standard InChI is InChI=1S/C22H28N10O7S3/c1-5-6-32-20(26-29-30-32)41-10-22(18(36)37)8-31-16(35)13(17(31)40-9-22)24-15(34)12(14-25-19(23)42-28-14)27-38-7-11(33)39-21(2,3)4/h5,13,17H,1,6-10H2,2-4H3,(H,24,34)(H,36,37)(H2,23,25,28)/t13?,17-,22?/m1/s1. The maximum absolute atomic E-state index is 13.2. The number of aliphatic carboxylic acids is 1. The van der Waals surface area contributed by atoms with Crippen molar-refractivity contribution in [1.29, 1.82) is 0 Å². The highest BCUT2D eigenvalue weighted by molar-refractivity contribution is 8.00. The van der Waals surface area contributed by atoms with E-state index in [2.05, 4.69) is 41.9 Å². The molecule has 2 aliphatic heterocycles. The third-order valence-corrected chi connectivity index (χ3v) is 9.17. The number of oxime groups is 1. The first-order chi connectivity index (χ1) is 19.8. The molecule has 2 unspecified atom stereocenters. The van der Waals surface area contributed by atoms with Crippen molar-refractivity contribution < 1.29 is 33.9 Å². The number of nitrogen functional groups attached to an aromatic ring is 1. The Kier molecular flexibility index (Phi) is 9.36. The van der Waals surface area contributed by atoms with E-state index in [0.29, 0.717) is 11.7 Å². The maximum atomic E-state index is 13.2. The monoisotopic (exact) mass is 640 g/mol. The van der Waals surface area contributed by atoms with Crippen LogP contribution >= 0.6 is 35.1 Å². The van der Waals surface area contributed by atoms with Crippen LogP contribution in [0.3, 0.4) is 0 Å². The first-order valence-electron chi connectivity index (χ1n) is 12.3. The van der Waals surface area contributed by atoms with Gasteiger partial charge < -0.3 is 30.6 Å². The number of nitrogens with zero attached hydrogens (tertiary/aromatic N) is 8. The molecule has 0 radical (unpaired) electrons. The molecule has 2 amide bonds. The summed E-state index contributed by atoms with van der Waals surface area (Å²) in [6.45, 7) is 8.42. The van der Waals surface area contributed by atoms with E-state index >= 15 is 0 Å². The lowest BCUT2D eigenvalue weighted by molar-refractivity contribution is -0.160. The Morgan fingerprint density at radius 2 is 2.14 bits per heavy atom. The van der Waals surface area contributed by atoms with Crippen LogP contribution in [-0.4, -0.2) is 111 Å². The van der Waals surface area contributed by atoms with Crippen LogP contribution in [-0.2, 0) is 35.3 Å². The minimum absolute atomic E-state index is 0.0628. The van der Waals surface area contributed by atoms with Crippen LogP contribution in [0.25, 0.3) is 0 Å². The second kappa shape index (κ2) is 12.6. The van der Waals surface area contributed by atoms with Crippen LogP contribution in [0.1, 0.15) is 26.6 Å². The summed E-state index contributed by atoms with van der Waals surface area (Å²) in [5, 5.41) is 27.8. The number of esters is 1. The van der Waals surface area contributed by atoms with Gasteiger partial charge in [0.15, 0.2) is 5.13 Å². The van der Waals surface area contributed by atoms with Crippen molar-refractivity contribution in [2.24, 2.45) is 10.6 Å². The molecule has 0 aromatic carbocycles. The van der Waals surface area contributed by atoms with Crippen molar-refractivity contribution in [1.82, 2.24) is 39.8 Å². The summed E-state index contributed by atoms with van der Waals surface area (Å²) in [4.78, 5) is 61.0. The molecule has 4 N–H and O–H groups in total. The number of carbonyl (C=O) groups excluding carboxylic acids is 3. The molecule has 4 rings (SSSR count). The smallest absolute Gasteiger partial charge is 0.347 e. The Labute approximate surface area is 251 Å². The van der Waals surface area contributed by atoms with Crippen LogP contribution in [0.2, 0.25) is 0 Å². The van der Waals surface area contributed by atoms with Crippen LogP contribution < -0.4 is 11.1 Å². The summed E-state index contributed by atoms with van der Waals surface area (Å²) in [7, 11) is 0. The van der Waals surface area contributed by atoms with E-state index in [-0.39, 0.29) is 29.0 Å². The third kappa shape index (κ3) is 6.98. The van der Waals surface area contributed by atoms with Gasteiger partial charge in [0.2, 0.25) is 29.2 Å². The number of fused-ring (bicyclic) bond motifs is 1. The number of hydrogen-bond acceptors (Lipinski definition) is 16. The molecule has 0 spiro atoms. The predicted molar refractivity (Wildman–Crippen MR) is 151 cm³/mol. The van der Waals surface area contributed by atoms with Crippen LogP contribution in [0, 0.1) is 5.41 Å². The number of anilines is 1. The number of carbonyl (C=O) groups is 4. The van der Waals surface area contributed by atoms with Crippen LogP contribution in [0.4, 0.5) is 5.13 Å². The number of nitrogens with one attached hydrogen (secondary N) is 1. The third-order valence-electron chi connectivity index (χ3n) is 5.79. The van der Waals surface area contributed by atoms with Crippen molar-refractivity contribution in [2.45, 2.75) is 49.5 Å². The molecule has 0 saturated carbocycles. The molecule has 3 atom stereocenters. The Morgan fingerprint density at radius 1 is 1.38 bits per heavy atom. The lowest BCUT2D eigenvalue weighted by Crippen LogP contribution is -2.74. The summed E-state index contributed by atoms with van der Waals surface area (Å²) in [6, 6.07) is -0.964. The lowest BCUT2D eigenvalue weighted by Gasteiger charge is -2.53. The minimum atomic E-state index is -1.27. The molecule has 2 aliphatic rings. The number of nitrogens with two attached hydrogens (primary N) is 1.